The number of carbonyl (C=O) groups is 2. The van der Waals surface area contributed by atoms with E-state index in [-0.39, 0.29) is 12.8 Å². The molecule has 1 saturated carbocycles. The standard InChI is InChI=1S/C11H15F4NO3/c12-10(13)11(14,15)5-16-8(17)6-1-3-7(4-2-6)9(18)19/h6-7,10H,1-5H2,(H,16,17)(H,18,19). The quantitative estimate of drug-likeness (QED) is 0.758. The summed E-state index contributed by atoms with van der Waals surface area (Å²) in [6.07, 6.45) is -2.71. The van der Waals surface area contributed by atoms with Gasteiger partial charge in [0.25, 0.3) is 0 Å². The highest BCUT2D eigenvalue weighted by Gasteiger charge is 2.41. The number of alkyl halides is 4. The van der Waals surface area contributed by atoms with E-state index in [2.05, 4.69) is 0 Å². The highest BCUT2D eigenvalue weighted by molar-refractivity contribution is 5.79. The topological polar surface area (TPSA) is 66.4 Å². The van der Waals surface area contributed by atoms with Gasteiger partial charge in [0.05, 0.1) is 12.5 Å². The first-order valence-corrected chi connectivity index (χ1v) is 5.90. The Balaban J connectivity index is 2.38. The normalized spacial score (nSPS) is 24.3. The fourth-order valence-electron chi connectivity index (χ4n) is 2.03. The first-order valence-electron chi connectivity index (χ1n) is 5.90. The van der Waals surface area contributed by atoms with E-state index in [0.29, 0.717) is 12.8 Å². The Bertz CT molecular complexity index is 341. The van der Waals surface area contributed by atoms with Gasteiger partial charge in [-0.25, -0.2) is 8.78 Å². The molecule has 0 atom stereocenters. The SMILES string of the molecule is O=C(O)C1CCC(C(=O)NCC(F)(F)C(F)F)CC1. The Morgan fingerprint density at radius 3 is 2.05 bits per heavy atom. The number of aliphatic carboxylic acids is 1. The fraction of sp³-hybridized carbons (Fsp3) is 0.818. The molecule has 2 N–H and O–H groups in total. The number of carboxylic acid groups (broad SMARTS) is 1. The first-order chi connectivity index (χ1) is 8.74. The number of carbonyl (C=O) groups excluding carboxylic acids is 1. The molecule has 0 aliphatic heterocycles. The summed E-state index contributed by atoms with van der Waals surface area (Å²) >= 11 is 0. The molecule has 4 nitrogen and oxygen atoms in total. The lowest BCUT2D eigenvalue weighted by Gasteiger charge is -2.26. The van der Waals surface area contributed by atoms with E-state index in [0.717, 1.165) is 0 Å². The summed E-state index contributed by atoms with van der Waals surface area (Å²) in [5.41, 5.74) is 0. The van der Waals surface area contributed by atoms with Gasteiger partial charge in [-0.2, -0.15) is 8.78 Å². The maximum atomic E-state index is 12.6. The molecule has 0 saturated heterocycles. The maximum absolute atomic E-state index is 12.6. The molecule has 110 valence electrons. The molecular weight excluding hydrogens is 270 g/mol. The van der Waals surface area contributed by atoms with Crippen LogP contribution in [0.15, 0.2) is 0 Å². The fourth-order valence-corrected chi connectivity index (χ4v) is 2.03. The number of carboxylic acids is 1. The van der Waals surface area contributed by atoms with Crippen molar-refractivity contribution in [2.45, 2.75) is 38.0 Å². The Morgan fingerprint density at radius 1 is 1.16 bits per heavy atom. The number of amides is 1. The first kappa shape index (κ1) is 15.7. The Hall–Kier alpha value is -1.34. The third-order valence-electron chi connectivity index (χ3n) is 3.26. The average molecular weight is 285 g/mol. The van der Waals surface area contributed by atoms with Crippen LogP contribution in [0.4, 0.5) is 17.6 Å². The lowest BCUT2D eigenvalue weighted by Crippen LogP contribution is -2.44. The van der Waals surface area contributed by atoms with Gasteiger partial charge >= 0.3 is 18.3 Å². The minimum atomic E-state index is -4.24. The third kappa shape index (κ3) is 4.36. The third-order valence-corrected chi connectivity index (χ3v) is 3.26. The van der Waals surface area contributed by atoms with Crippen LogP contribution in [0, 0.1) is 11.8 Å². The Kier molecular flexibility index (Phi) is 5.13. The highest BCUT2D eigenvalue weighted by Crippen LogP contribution is 2.29. The van der Waals surface area contributed by atoms with Gasteiger partial charge in [-0.1, -0.05) is 0 Å². The largest absolute Gasteiger partial charge is 0.481 e. The minimum absolute atomic E-state index is 0.267. The number of nitrogens with one attached hydrogen (secondary N) is 1. The Morgan fingerprint density at radius 2 is 1.63 bits per heavy atom. The van der Waals surface area contributed by atoms with Crippen LogP contribution in [0.2, 0.25) is 0 Å². The zero-order chi connectivity index (χ0) is 14.6. The number of hydrogen-bond acceptors (Lipinski definition) is 2. The van der Waals surface area contributed by atoms with Crippen LogP contribution in [0.25, 0.3) is 0 Å². The van der Waals surface area contributed by atoms with Crippen LogP contribution < -0.4 is 5.32 Å². The van der Waals surface area contributed by atoms with Crippen molar-refractivity contribution in [1.82, 2.24) is 5.32 Å². The summed E-state index contributed by atoms with van der Waals surface area (Å²) < 4.78 is 49.0. The number of halogens is 4. The molecule has 19 heavy (non-hydrogen) atoms. The molecule has 0 bridgehead atoms. The summed E-state index contributed by atoms with van der Waals surface area (Å²) in [7, 11) is 0. The van der Waals surface area contributed by atoms with E-state index < -0.39 is 42.6 Å². The molecule has 0 aromatic carbocycles. The molecule has 8 heteroatoms. The van der Waals surface area contributed by atoms with Gasteiger partial charge in [-0.05, 0) is 25.7 Å². The lowest BCUT2D eigenvalue weighted by atomic mass is 9.81. The molecule has 1 amide bonds. The van der Waals surface area contributed by atoms with Gasteiger partial charge < -0.3 is 10.4 Å². The highest BCUT2D eigenvalue weighted by atomic mass is 19.3. The van der Waals surface area contributed by atoms with Crippen LogP contribution in [0.3, 0.4) is 0 Å². The second kappa shape index (κ2) is 6.21. The van der Waals surface area contributed by atoms with Crippen molar-refractivity contribution >= 4 is 11.9 Å². The van der Waals surface area contributed by atoms with Gasteiger partial charge in [0, 0.05) is 5.92 Å². The van der Waals surface area contributed by atoms with Crippen LogP contribution in [0.5, 0.6) is 0 Å². The zero-order valence-electron chi connectivity index (χ0n) is 10.0. The van der Waals surface area contributed by atoms with Crippen molar-refractivity contribution < 1.29 is 32.3 Å². The smallest absolute Gasteiger partial charge is 0.324 e. The van der Waals surface area contributed by atoms with Crippen molar-refractivity contribution in [1.29, 1.82) is 0 Å². The van der Waals surface area contributed by atoms with Crippen molar-refractivity contribution in [2.75, 3.05) is 6.54 Å². The van der Waals surface area contributed by atoms with Crippen molar-refractivity contribution in [2.24, 2.45) is 11.8 Å². The van der Waals surface area contributed by atoms with E-state index >= 15 is 0 Å². The molecule has 0 aromatic rings. The molecule has 0 aromatic heterocycles. The maximum Gasteiger partial charge on any atom is 0.324 e. The molecule has 1 fully saturated rings. The second-order valence-electron chi connectivity index (χ2n) is 4.67. The van der Waals surface area contributed by atoms with E-state index in [1.807, 2.05) is 0 Å². The van der Waals surface area contributed by atoms with Crippen LogP contribution in [-0.2, 0) is 9.59 Å². The van der Waals surface area contributed by atoms with Gasteiger partial charge in [0.1, 0.15) is 0 Å². The van der Waals surface area contributed by atoms with Crippen LogP contribution >= 0.6 is 0 Å². The molecule has 1 rings (SSSR count). The minimum Gasteiger partial charge on any atom is -0.481 e. The van der Waals surface area contributed by atoms with Crippen molar-refractivity contribution in [3.63, 3.8) is 0 Å². The summed E-state index contributed by atoms with van der Waals surface area (Å²) in [6, 6.07) is 0. The van der Waals surface area contributed by atoms with Crippen LogP contribution in [-0.4, -0.2) is 35.9 Å². The second-order valence-corrected chi connectivity index (χ2v) is 4.67. The van der Waals surface area contributed by atoms with Gasteiger partial charge in [0.15, 0.2) is 0 Å². The predicted octanol–water partition coefficient (Wildman–Crippen LogP) is 1.89. The monoisotopic (exact) mass is 285 g/mol. The molecule has 1 aliphatic rings. The lowest BCUT2D eigenvalue weighted by molar-refractivity contribution is -0.145. The van der Waals surface area contributed by atoms with Gasteiger partial charge in [-0.15, -0.1) is 0 Å². The van der Waals surface area contributed by atoms with Gasteiger partial charge in [-0.3, -0.25) is 9.59 Å². The summed E-state index contributed by atoms with van der Waals surface area (Å²) in [5.74, 6) is -7.00. The Labute approximate surface area is 107 Å². The van der Waals surface area contributed by atoms with Crippen LogP contribution in [0.1, 0.15) is 25.7 Å². The van der Waals surface area contributed by atoms with E-state index in [1.165, 1.54) is 0 Å². The van der Waals surface area contributed by atoms with E-state index in [9.17, 15) is 27.2 Å². The van der Waals surface area contributed by atoms with Crippen molar-refractivity contribution in [3.8, 4) is 0 Å². The van der Waals surface area contributed by atoms with E-state index in [1.54, 1.807) is 5.32 Å². The predicted molar refractivity (Wildman–Crippen MR) is 57.0 cm³/mol. The molecule has 0 unspecified atom stereocenters. The molecule has 0 heterocycles. The molecular formula is C11H15F4NO3. The molecule has 0 radical (unpaired) electrons. The molecule has 0 spiro atoms. The summed E-state index contributed by atoms with van der Waals surface area (Å²) in [4.78, 5) is 22.2. The van der Waals surface area contributed by atoms with Crippen molar-refractivity contribution in [3.05, 3.63) is 0 Å². The number of rotatable bonds is 5. The summed E-state index contributed by atoms with van der Waals surface area (Å²) in [6.45, 7) is -1.40. The average Bonchev–Trinajstić information content (AvgIpc) is 2.36. The molecule has 1 aliphatic carbocycles. The number of hydrogen-bond donors (Lipinski definition) is 2. The zero-order valence-corrected chi connectivity index (χ0v) is 10.0. The summed E-state index contributed by atoms with van der Waals surface area (Å²) in [5, 5.41) is 10.6. The van der Waals surface area contributed by atoms with E-state index in [4.69, 9.17) is 5.11 Å². The van der Waals surface area contributed by atoms with Gasteiger partial charge in [0.2, 0.25) is 5.91 Å².